The first-order valence-electron chi connectivity index (χ1n) is 10.2. The summed E-state index contributed by atoms with van der Waals surface area (Å²) < 4.78 is 32.4. The standard InChI is InChI=1S/C22H27N3O3S2/c1-14(2)29-21-13-20-19(24(3)22(26)25(20)4)12-18(21)23-30(27,28)17-10-9-15-7-5-6-8-16(15)11-17/h9-14,23H,5-8H2,1-4H3. The third-order valence-corrected chi connectivity index (χ3v) is 8.04. The molecule has 0 aliphatic heterocycles. The quantitative estimate of drug-likeness (QED) is 0.601. The molecule has 8 heteroatoms. The molecule has 0 radical (unpaired) electrons. The lowest BCUT2D eigenvalue weighted by atomic mass is 9.92. The van der Waals surface area contributed by atoms with Gasteiger partial charge in [0.1, 0.15) is 0 Å². The van der Waals surface area contributed by atoms with Crippen molar-refractivity contribution in [2.45, 2.75) is 54.6 Å². The van der Waals surface area contributed by atoms with E-state index in [0.717, 1.165) is 41.7 Å². The summed E-state index contributed by atoms with van der Waals surface area (Å²) >= 11 is 1.57. The van der Waals surface area contributed by atoms with E-state index in [1.807, 2.05) is 18.2 Å². The number of anilines is 1. The molecule has 6 nitrogen and oxygen atoms in total. The maximum Gasteiger partial charge on any atom is 0.328 e. The molecule has 4 rings (SSSR count). The Balaban J connectivity index is 1.80. The minimum Gasteiger partial charge on any atom is -0.295 e. The number of hydrogen-bond acceptors (Lipinski definition) is 4. The largest absolute Gasteiger partial charge is 0.328 e. The number of thioether (sulfide) groups is 1. The Morgan fingerprint density at radius 3 is 2.27 bits per heavy atom. The zero-order chi connectivity index (χ0) is 21.6. The van der Waals surface area contributed by atoms with E-state index < -0.39 is 10.0 Å². The van der Waals surface area contributed by atoms with Crippen LogP contribution in [0.1, 0.15) is 37.8 Å². The van der Waals surface area contributed by atoms with E-state index in [0.29, 0.717) is 11.2 Å². The molecule has 0 saturated carbocycles. The molecule has 1 aliphatic carbocycles. The second-order valence-electron chi connectivity index (χ2n) is 8.15. The molecule has 0 atom stereocenters. The highest BCUT2D eigenvalue weighted by Crippen LogP contribution is 2.35. The first-order chi connectivity index (χ1) is 14.2. The summed E-state index contributed by atoms with van der Waals surface area (Å²) in [5.41, 5.74) is 4.21. The number of fused-ring (bicyclic) bond motifs is 2. The summed E-state index contributed by atoms with van der Waals surface area (Å²) in [6, 6.07) is 9.10. The van der Waals surface area contributed by atoms with E-state index in [-0.39, 0.29) is 15.8 Å². The summed E-state index contributed by atoms with van der Waals surface area (Å²) in [5, 5.41) is 0.259. The lowest BCUT2D eigenvalue weighted by molar-refractivity contribution is 0.600. The molecule has 0 unspecified atom stereocenters. The molecule has 2 aromatic carbocycles. The van der Waals surface area contributed by atoms with E-state index in [1.165, 1.54) is 10.1 Å². The highest BCUT2D eigenvalue weighted by molar-refractivity contribution is 8.00. The Labute approximate surface area is 181 Å². The monoisotopic (exact) mass is 445 g/mol. The van der Waals surface area contributed by atoms with Gasteiger partial charge in [0.2, 0.25) is 0 Å². The lowest BCUT2D eigenvalue weighted by Crippen LogP contribution is -2.19. The number of rotatable bonds is 5. The maximum atomic E-state index is 13.2. The Bertz CT molecular complexity index is 1290. The fourth-order valence-electron chi connectivity index (χ4n) is 4.04. The van der Waals surface area contributed by atoms with Crippen molar-refractivity contribution in [2.75, 3.05) is 4.72 Å². The Morgan fingerprint density at radius 2 is 1.60 bits per heavy atom. The van der Waals surface area contributed by atoms with Crippen molar-refractivity contribution < 1.29 is 8.42 Å². The Morgan fingerprint density at radius 1 is 0.967 bits per heavy atom. The number of imidazole rings is 1. The minimum atomic E-state index is -3.75. The molecular weight excluding hydrogens is 418 g/mol. The Hall–Kier alpha value is -2.19. The van der Waals surface area contributed by atoms with Crippen molar-refractivity contribution in [1.82, 2.24) is 9.13 Å². The van der Waals surface area contributed by atoms with E-state index in [4.69, 9.17) is 0 Å². The fraction of sp³-hybridized carbons (Fsp3) is 0.409. The number of hydrogen-bond donors (Lipinski definition) is 1. The average molecular weight is 446 g/mol. The van der Waals surface area contributed by atoms with Crippen LogP contribution in [0.3, 0.4) is 0 Å². The number of aromatic nitrogens is 2. The predicted octanol–water partition coefficient (Wildman–Crippen LogP) is 4.06. The van der Waals surface area contributed by atoms with Gasteiger partial charge in [0.25, 0.3) is 10.0 Å². The lowest BCUT2D eigenvalue weighted by Gasteiger charge is -2.18. The topological polar surface area (TPSA) is 73.1 Å². The first-order valence-corrected chi connectivity index (χ1v) is 12.5. The smallest absolute Gasteiger partial charge is 0.295 e. The van der Waals surface area contributed by atoms with Gasteiger partial charge in [-0.2, -0.15) is 0 Å². The van der Waals surface area contributed by atoms with Crippen LogP contribution >= 0.6 is 11.8 Å². The van der Waals surface area contributed by atoms with E-state index >= 15 is 0 Å². The second-order valence-corrected chi connectivity index (χ2v) is 11.4. The van der Waals surface area contributed by atoms with Gasteiger partial charge in [0.15, 0.2) is 0 Å². The normalized spacial score (nSPS) is 14.3. The van der Waals surface area contributed by atoms with Crippen LogP contribution in [0.5, 0.6) is 0 Å². The average Bonchev–Trinajstić information content (AvgIpc) is 2.91. The molecule has 0 spiro atoms. The molecule has 0 bridgehead atoms. The molecule has 0 saturated heterocycles. The minimum absolute atomic E-state index is 0.139. The summed E-state index contributed by atoms with van der Waals surface area (Å²) in [5.74, 6) is 0. The van der Waals surface area contributed by atoms with Crippen LogP contribution in [0.25, 0.3) is 11.0 Å². The van der Waals surface area contributed by atoms with E-state index in [9.17, 15) is 13.2 Å². The highest BCUT2D eigenvalue weighted by Gasteiger charge is 2.21. The van der Waals surface area contributed by atoms with Crippen molar-refractivity contribution in [1.29, 1.82) is 0 Å². The highest BCUT2D eigenvalue weighted by atomic mass is 32.2. The van der Waals surface area contributed by atoms with Gasteiger partial charge in [0, 0.05) is 24.2 Å². The number of sulfonamides is 1. The SMILES string of the molecule is CC(C)Sc1cc2c(cc1NS(=O)(=O)c1ccc3c(c1)CCCC3)n(C)c(=O)n2C. The number of nitrogens with one attached hydrogen (secondary N) is 1. The molecule has 1 N–H and O–H groups in total. The maximum absolute atomic E-state index is 13.2. The summed E-state index contributed by atoms with van der Waals surface area (Å²) in [4.78, 5) is 13.4. The third kappa shape index (κ3) is 3.78. The fourth-order valence-corrected chi connectivity index (χ4v) is 6.15. The van der Waals surface area contributed by atoms with Crippen LogP contribution in [0.15, 0.2) is 44.9 Å². The first kappa shape index (κ1) is 21.1. The van der Waals surface area contributed by atoms with Gasteiger partial charge in [0.05, 0.1) is 21.6 Å². The van der Waals surface area contributed by atoms with Crippen molar-refractivity contribution in [2.24, 2.45) is 14.1 Å². The number of benzene rings is 2. The molecule has 30 heavy (non-hydrogen) atoms. The van der Waals surface area contributed by atoms with Crippen LogP contribution in [-0.2, 0) is 37.0 Å². The van der Waals surface area contributed by atoms with Gasteiger partial charge >= 0.3 is 5.69 Å². The van der Waals surface area contributed by atoms with Crippen LogP contribution in [0.2, 0.25) is 0 Å². The van der Waals surface area contributed by atoms with Gasteiger partial charge < -0.3 is 0 Å². The summed E-state index contributed by atoms with van der Waals surface area (Å²) in [7, 11) is -0.324. The summed E-state index contributed by atoms with van der Waals surface area (Å²) in [6.07, 6.45) is 4.18. The van der Waals surface area contributed by atoms with E-state index in [1.54, 1.807) is 42.6 Å². The van der Waals surface area contributed by atoms with Gasteiger partial charge in [-0.15, -0.1) is 11.8 Å². The van der Waals surface area contributed by atoms with Gasteiger partial charge in [-0.3, -0.25) is 13.9 Å². The zero-order valence-electron chi connectivity index (χ0n) is 17.7. The molecule has 160 valence electrons. The third-order valence-electron chi connectivity index (χ3n) is 5.61. The van der Waals surface area contributed by atoms with Crippen LogP contribution in [0.4, 0.5) is 5.69 Å². The summed E-state index contributed by atoms with van der Waals surface area (Å²) in [6.45, 7) is 4.11. The molecule has 1 aromatic heterocycles. The molecule has 1 heterocycles. The predicted molar refractivity (Wildman–Crippen MR) is 123 cm³/mol. The molecular formula is C22H27N3O3S2. The zero-order valence-corrected chi connectivity index (χ0v) is 19.4. The molecule has 1 aliphatic rings. The van der Waals surface area contributed by atoms with Crippen molar-refractivity contribution in [3.8, 4) is 0 Å². The van der Waals surface area contributed by atoms with Gasteiger partial charge in [-0.05, 0) is 61.1 Å². The number of nitrogens with zero attached hydrogens (tertiary/aromatic N) is 2. The van der Waals surface area contributed by atoms with Crippen LogP contribution in [-0.4, -0.2) is 22.8 Å². The van der Waals surface area contributed by atoms with Crippen molar-refractivity contribution in [3.63, 3.8) is 0 Å². The molecule has 3 aromatic rings. The van der Waals surface area contributed by atoms with Crippen LogP contribution < -0.4 is 10.4 Å². The van der Waals surface area contributed by atoms with E-state index in [2.05, 4.69) is 18.6 Å². The van der Waals surface area contributed by atoms with Crippen molar-refractivity contribution in [3.05, 3.63) is 51.9 Å². The van der Waals surface area contributed by atoms with Crippen molar-refractivity contribution >= 4 is 38.5 Å². The van der Waals surface area contributed by atoms with Crippen LogP contribution in [0, 0.1) is 0 Å². The Kier molecular flexibility index (Phi) is 5.48. The number of aryl methyl sites for hydroxylation is 4. The van der Waals surface area contributed by atoms with Gasteiger partial charge in [-0.1, -0.05) is 19.9 Å². The van der Waals surface area contributed by atoms with Gasteiger partial charge in [-0.25, -0.2) is 13.2 Å². The molecule has 0 fully saturated rings. The molecule has 0 amide bonds. The second kappa shape index (κ2) is 7.81.